The van der Waals surface area contributed by atoms with Crippen molar-refractivity contribution in [2.75, 3.05) is 13.2 Å². The van der Waals surface area contributed by atoms with Crippen molar-refractivity contribution in [2.45, 2.75) is 36.8 Å². The van der Waals surface area contributed by atoms with Crippen LogP contribution in [0, 0.1) is 12.7 Å². The lowest BCUT2D eigenvalue weighted by atomic mass is 10.1. The fourth-order valence-electron chi connectivity index (χ4n) is 2.69. The second-order valence-electron chi connectivity index (χ2n) is 5.70. The van der Waals surface area contributed by atoms with Gasteiger partial charge >= 0.3 is 15.6 Å². The molecule has 0 saturated carbocycles. The minimum Gasteiger partial charge on any atom is -0.485 e. The Labute approximate surface area is 140 Å². The highest BCUT2D eigenvalue weighted by Crippen LogP contribution is 2.35. The fourth-order valence-corrected chi connectivity index (χ4v) is 3.29. The summed E-state index contributed by atoms with van der Waals surface area (Å²) in [6.07, 6.45) is -4.02. The molecule has 4 unspecified atom stereocenters. The Morgan fingerprint density at radius 2 is 1.72 bits per heavy atom. The maximum absolute atomic E-state index is 13.3. The number of rotatable bonds is 4. The smallest absolute Gasteiger partial charge is 0.485 e. The van der Waals surface area contributed by atoms with E-state index in [-0.39, 0.29) is 12.4 Å². The summed E-state index contributed by atoms with van der Waals surface area (Å²) >= 11 is 0. The first-order chi connectivity index (χ1) is 11.6. The number of fused-ring (bicyclic) bond motifs is 1. The number of benzene rings is 1. The maximum atomic E-state index is 13.3. The summed E-state index contributed by atoms with van der Waals surface area (Å²) in [6, 6.07) is 3.93. The molecule has 140 valence electrons. The molecule has 0 N–H and O–H groups in total. The Morgan fingerprint density at radius 3 is 2.36 bits per heavy atom. The molecule has 0 amide bonds. The van der Waals surface area contributed by atoms with Gasteiger partial charge in [-0.1, -0.05) is 6.07 Å². The summed E-state index contributed by atoms with van der Waals surface area (Å²) in [5.74, 6) is -0.272. The van der Waals surface area contributed by atoms with Crippen LogP contribution in [-0.4, -0.2) is 51.6 Å². The van der Waals surface area contributed by atoms with Crippen LogP contribution in [0.3, 0.4) is 0 Å². The average molecular weight is 386 g/mol. The van der Waals surface area contributed by atoms with E-state index in [1.54, 1.807) is 6.92 Å². The molecule has 1 aromatic carbocycles. The predicted octanol–water partition coefficient (Wildman–Crippen LogP) is 1.91. The first kappa shape index (κ1) is 18.4. The SMILES string of the molecule is Cc1ccc(F)cc1OC1COC2C(OS(=O)(=O)C(F)(F)F)COC12. The van der Waals surface area contributed by atoms with Gasteiger partial charge in [-0.2, -0.15) is 21.6 Å². The lowest BCUT2D eigenvalue weighted by molar-refractivity contribution is -0.0627. The Bertz CT molecular complexity index is 750. The van der Waals surface area contributed by atoms with Gasteiger partial charge in [-0.15, -0.1) is 0 Å². The van der Waals surface area contributed by atoms with Crippen molar-refractivity contribution in [3.05, 3.63) is 29.6 Å². The number of halogens is 4. The highest BCUT2D eigenvalue weighted by atomic mass is 32.2. The number of aryl methyl sites for hydroxylation is 1. The molecular formula is C14H14F4O6S. The van der Waals surface area contributed by atoms with Gasteiger partial charge < -0.3 is 14.2 Å². The van der Waals surface area contributed by atoms with E-state index in [2.05, 4.69) is 4.18 Å². The molecule has 2 heterocycles. The third-order valence-electron chi connectivity index (χ3n) is 3.92. The van der Waals surface area contributed by atoms with E-state index in [0.717, 1.165) is 0 Å². The van der Waals surface area contributed by atoms with Crippen LogP contribution in [-0.2, 0) is 23.8 Å². The number of alkyl halides is 3. The molecule has 2 fully saturated rings. The quantitative estimate of drug-likeness (QED) is 0.447. The predicted molar refractivity (Wildman–Crippen MR) is 74.9 cm³/mol. The van der Waals surface area contributed by atoms with Gasteiger partial charge in [0.15, 0.2) is 6.10 Å². The Kier molecular flexibility index (Phi) is 4.69. The van der Waals surface area contributed by atoms with E-state index in [1.165, 1.54) is 18.2 Å². The van der Waals surface area contributed by atoms with Gasteiger partial charge in [0.25, 0.3) is 0 Å². The molecular weight excluding hydrogens is 372 g/mol. The molecule has 11 heteroatoms. The summed E-state index contributed by atoms with van der Waals surface area (Å²) in [5, 5.41) is 0. The summed E-state index contributed by atoms with van der Waals surface area (Å²) in [6.45, 7) is 1.24. The molecule has 0 bridgehead atoms. The summed E-state index contributed by atoms with van der Waals surface area (Å²) in [7, 11) is -5.76. The van der Waals surface area contributed by atoms with Crippen molar-refractivity contribution in [3.63, 3.8) is 0 Å². The van der Waals surface area contributed by atoms with Crippen LogP contribution in [0.4, 0.5) is 17.6 Å². The molecule has 3 rings (SSSR count). The van der Waals surface area contributed by atoms with Crippen molar-refractivity contribution in [2.24, 2.45) is 0 Å². The van der Waals surface area contributed by atoms with Crippen LogP contribution in [0.5, 0.6) is 5.75 Å². The van der Waals surface area contributed by atoms with Crippen LogP contribution >= 0.6 is 0 Å². The topological polar surface area (TPSA) is 71.1 Å². The molecule has 25 heavy (non-hydrogen) atoms. The molecule has 2 aliphatic rings. The van der Waals surface area contributed by atoms with Crippen LogP contribution in [0.25, 0.3) is 0 Å². The molecule has 0 radical (unpaired) electrons. The molecule has 6 nitrogen and oxygen atoms in total. The molecule has 0 spiro atoms. The van der Waals surface area contributed by atoms with E-state index in [9.17, 15) is 26.0 Å². The van der Waals surface area contributed by atoms with Crippen LogP contribution in [0.2, 0.25) is 0 Å². The van der Waals surface area contributed by atoms with Gasteiger partial charge in [0.05, 0.1) is 13.2 Å². The zero-order valence-corrected chi connectivity index (χ0v) is 13.6. The van der Waals surface area contributed by atoms with Crippen LogP contribution in [0.15, 0.2) is 18.2 Å². The average Bonchev–Trinajstić information content (AvgIpc) is 3.06. The van der Waals surface area contributed by atoms with Gasteiger partial charge in [-0.25, -0.2) is 4.39 Å². The lowest BCUT2D eigenvalue weighted by Crippen LogP contribution is -2.38. The molecule has 2 aliphatic heterocycles. The lowest BCUT2D eigenvalue weighted by Gasteiger charge is -2.19. The van der Waals surface area contributed by atoms with E-state index in [4.69, 9.17) is 14.2 Å². The number of hydrogen-bond donors (Lipinski definition) is 0. The Morgan fingerprint density at radius 1 is 1.12 bits per heavy atom. The molecule has 4 atom stereocenters. The first-order valence-corrected chi connectivity index (χ1v) is 8.65. The zero-order valence-electron chi connectivity index (χ0n) is 12.8. The van der Waals surface area contributed by atoms with E-state index >= 15 is 0 Å². The minimum absolute atomic E-state index is 0.0583. The Balaban J connectivity index is 1.69. The standard InChI is InChI=1S/C14H14F4O6S/c1-7-2-3-8(15)4-9(7)23-10-5-21-13-11(6-22-12(10)13)24-25(19,20)14(16,17)18/h2-4,10-13H,5-6H2,1H3. The number of ether oxygens (including phenoxy) is 3. The normalized spacial score (nSPS) is 29.6. The van der Waals surface area contributed by atoms with Crippen molar-refractivity contribution >= 4 is 10.1 Å². The Hall–Kier alpha value is -1.43. The van der Waals surface area contributed by atoms with Gasteiger partial charge in [0.2, 0.25) is 0 Å². The first-order valence-electron chi connectivity index (χ1n) is 7.24. The van der Waals surface area contributed by atoms with Gasteiger partial charge in [0, 0.05) is 6.07 Å². The summed E-state index contributed by atoms with van der Waals surface area (Å²) < 4.78 is 93.3. The fraction of sp³-hybridized carbons (Fsp3) is 0.571. The molecule has 2 saturated heterocycles. The van der Waals surface area contributed by atoms with Crippen molar-refractivity contribution < 1.29 is 44.4 Å². The molecule has 0 aromatic heterocycles. The minimum atomic E-state index is -5.76. The maximum Gasteiger partial charge on any atom is 0.523 e. The van der Waals surface area contributed by atoms with Crippen LogP contribution < -0.4 is 4.74 Å². The molecule has 1 aromatic rings. The second-order valence-corrected chi connectivity index (χ2v) is 7.26. The third-order valence-corrected chi connectivity index (χ3v) is 4.99. The molecule has 0 aliphatic carbocycles. The van der Waals surface area contributed by atoms with Gasteiger partial charge in [-0.05, 0) is 18.6 Å². The van der Waals surface area contributed by atoms with E-state index in [1.807, 2.05) is 0 Å². The van der Waals surface area contributed by atoms with Gasteiger partial charge in [-0.3, -0.25) is 4.18 Å². The van der Waals surface area contributed by atoms with Crippen molar-refractivity contribution in [1.29, 1.82) is 0 Å². The number of hydrogen-bond acceptors (Lipinski definition) is 6. The highest BCUT2D eigenvalue weighted by molar-refractivity contribution is 7.87. The monoisotopic (exact) mass is 386 g/mol. The van der Waals surface area contributed by atoms with E-state index < -0.39 is 52.5 Å². The summed E-state index contributed by atoms with van der Waals surface area (Å²) in [4.78, 5) is 0. The van der Waals surface area contributed by atoms with Crippen molar-refractivity contribution in [1.82, 2.24) is 0 Å². The van der Waals surface area contributed by atoms with Crippen molar-refractivity contribution in [3.8, 4) is 5.75 Å². The largest absolute Gasteiger partial charge is 0.523 e. The van der Waals surface area contributed by atoms with Crippen LogP contribution in [0.1, 0.15) is 5.56 Å². The van der Waals surface area contributed by atoms with Gasteiger partial charge in [0.1, 0.15) is 29.9 Å². The summed E-state index contributed by atoms with van der Waals surface area (Å²) in [5.41, 5.74) is -4.88. The van der Waals surface area contributed by atoms with E-state index in [0.29, 0.717) is 5.56 Å². The highest BCUT2D eigenvalue weighted by Gasteiger charge is 2.55. The zero-order chi connectivity index (χ0) is 18.4. The second kappa shape index (κ2) is 6.38. The third kappa shape index (κ3) is 3.59.